The van der Waals surface area contributed by atoms with Crippen LogP contribution in [0.2, 0.25) is 5.02 Å². The molecule has 2 amide bonds. The van der Waals surface area contributed by atoms with Crippen molar-refractivity contribution in [1.29, 1.82) is 0 Å². The summed E-state index contributed by atoms with van der Waals surface area (Å²) in [5.74, 6) is -0.139. The number of aryl methyl sites for hydroxylation is 2. The minimum atomic E-state index is -0.287. The fourth-order valence-corrected chi connectivity index (χ4v) is 4.51. The van der Waals surface area contributed by atoms with Crippen LogP contribution in [0, 0.1) is 19.8 Å². The lowest BCUT2D eigenvalue weighted by Gasteiger charge is -2.09. The van der Waals surface area contributed by atoms with E-state index in [2.05, 4.69) is 15.6 Å². The summed E-state index contributed by atoms with van der Waals surface area (Å²) in [6, 6.07) is 15.5. The quantitative estimate of drug-likeness (QED) is 0.574. The SMILES string of the molecule is Cc1cccc(Cl)c1NC(=O)c1sc(NC(=O)C2CC2c2ccccc2)nc1C. The number of hydrogen-bond donors (Lipinski definition) is 2. The third kappa shape index (κ3) is 4.18. The van der Waals surface area contributed by atoms with Crippen LogP contribution in [0.15, 0.2) is 48.5 Å². The molecule has 1 aliphatic carbocycles. The van der Waals surface area contributed by atoms with Crippen molar-refractivity contribution >= 4 is 45.6 Å². The zero-order valence-electron chi connectivity index (χ0n) is 16.0. The molecule has 0 aliphatic heterocycles. The first kappa shape index (κ1) is 19.6. The maximum Gasteiger partial charge on any atom is 0.267 e. The zero-order chi connectivity index (χ0) is 20.5. The van der Waals surface area contributed by atoms with E-state index in [4.69, 9.17) is 11.6 Å². The van der Waals surface area contributed by atoms with Gasteiger partial charge in [-0.25, -0.2) is 4.98 Å². The van der Waals surface area contributed by atoms with Gasteiger partial charge in [0, 0.05) is 5.92 Å². The molecule has 2 N–H and O–H groups in total. The van der Waals surface area contributed by atoms with Gasteiger partial charge in [-0.2, -0.15) is 0 Å². The van der Waals surface area contributed by atoms with E-state index in [1.54, 1.807) is 13.0 Å². The molecule has 2 aromatic carbocycles. The fourth-order valence-electron chi connectivity index (χ4n) is 3.37. The van der Waals surface area contributed by atoms with Crippen molar-refractivity contribution in [3.63, 3.8) is 0 Å². The minimum Gasteiger partial charge on any atom is -0.320 e. The molecule has 5 nitrogen and oxygen atoms in total. The molecule has 1 fully saturated rings. The molecule has 0 bridgehead atoms. The van der Waals surface area contributed by atoms with Gasteiger partial charge in [-0.05, 0) is 43.4 Å². The molecular formula is C22H20ClN3O2S. The molecule has 1 aliphatic rings. The second kappa shape index (κ2) is 7.97. The van der Waals surface area contributed by atoms with E-state index < -0.39 is 0 Å². The summed E-state index contributed by atoms with van der Waals surface area (Å²) in [4.78, 5) is 30.1. The van der Waals surface area contributed by atoms with Crippen LogP contribution in [0.3, 0.4) is 0 Å². The molecule has 1 saturated carbocycles. The van der Waals surface area contributed by atoms with E-state index >= 15 is 0 Å². The van der Waals surface area contributed by atoms with E-state index in [9.17, 15) is 9.59 Å². The molecule has 0 radical (unpaired) electrons. The largest absolute Gasteiger partial charge is 0.320 e. The summed E-state index contributed by atoms with van der Waals surface area (Å²) >= 11 is 7.37. The smallest absolute Gasteiger partial charge is 0.267 e. The van der Waals surface area contributed by atoms with Gasteiger partial charge < -0.3 is 10.6 Å². The Morgan fingerprint density at radius 3 is 2.55 bits per heavy atom. The summed E-state index contributed by atoms with van der Waals surface area (Å²) in [5, 5.41) is 6.64. The van der Waals surface area contributed by atoms with Crippen LogP contribution in [0.25, 0.3) is 0 Å². The van der Waals surface area contributed by atoms with Crippen LogP contribution in [-0.4, -0.2) is 16.8 Å². The van der Waals surface area contributed by atoms with Crippen molar-refractivity contribution < 1.29 is 9.59 Å². The van der Waals surface area contributed by atoms with Gasteiger partial charge in [-0.3, -0.25) is 9.59 Å². The predicted molar refractivity (Wildman–Crippen MR) is 117 cm³/mol. The first-order valence-electron chi connectivity index (χ1n) is 9.33. The number of benzene rings is 2. The number of nitrogens with zero attached hydrogens (tertiary/aromatic N) is 1. The molecular weight excluding hydrogens is 406 g/mol. The molecule has 4 rings (SSSR count). The number of nitrogens with one attached hydrogen (secondary N) is 2. The van der Waals surface area contributed by atoms with Crippen molar-refractivity contribution in [2.45, 2.75) is 26.2 Å². The topological polar surface area (TPSA) is 71.1 Å². The van der Waals surface area contributed by atoms with Crippen LogP contribution >= 0.6 is 22.9 Å². The van der Waals surface area contributed by atoms with Gasteiger partial charge in [0.1, 0.15) is 4.88 Å². The van der Waals surface area contributed by atoms with Gasteiger partial charge >= 0.3 is 0 Å². The van der Waals surface area contributed by atoms with Crippen molar-refractivity contribution in [3.8, 4) is 0 Å². The van der Waals surface area contributed by atoms with Gasteiger partial charge in [0.25, 0.3) is 5.91 Å². The number of amides is 2. The third-order valence-electron chi connectivity index (χ3n) is 5.05. The van der Waals surface area contributed by atoms with Gasteiger partial charge in [0.2, 0.25) is 5.91 Å². The molecule has 29 heavy (non-hydrogen) atoms. The number of rotatable bonds is 5. The summed E-state index contributed by atoms with van der Waals surface area (Å²) in [5.41, 5.74) is 3.21. The van der Waals surface area contributed by atoms with Crippen LogP contribution in [-0.2, 0) is 4.79 Å². The van der Waals surface area contributed by atoms with E-state index in [1.807, 2.05) is 49.4 Å². The Bertz CT molecular complexity index is 1060. The Morgan fingerprint density at radius 1 is 1.07 bits per heavy atom. The van der Waals surface area contributed by atoms with Gasteiger partial charge in [0.15, 0.2) is 5.13 Å². The lowest BCUT2D eigenvalue weighted by atomic mass is 10.1. The normalized spacial score (nSPS) is 17.6. The number of hydrogen-bond acceptors (Lipinski definition) is 4. The van der Waals surface area contributed by atoms with E-state index in [0.717, 1.165) is 12.0 Å². The molecule has 2 atom stereocenters. The Balaban J connectivity index is 1.43. The lowest BCUT2D eigenvalue weighted by molar-refractivity contribution is -0.117. The Labute approximate surface area is 178 Å². The monoisotopic (exact) mass is 425 g/mol. The van der Waals surface area contributed by atoms with E-state index in [-0.39, 0.29) is 23.7 Å². The summed E-state index contributed by atoms with van der Waals surface area (Å²) in [6.45, 7) is 3.63. The predicted octanol–water partition coefficient (Wildman–Crippen LogP) is 5.41. The van der Waals surface area contributed by atoms with Crippen molar-refractivity contribution in [1.82, 2.24) is 4.98 Å². The fraction of sp³-hybridized carbons (Fsp3) is 0.227. The number of aromatic nitrogens is 1. The summed E-state index contributed by atoms with van der Waals surface area (Å²) in [7, 11) is 0. The van der Waals surface area contributed by atoms with Gasteiger partial charge in [0.05, 0.1) is 16.4 Å². The summed E-state index contributed by atoms with van der Waals surface area (Å²) < 4.78 is 0. The zero-order valence-corrected chi connectivity index (χ0v) is 17.6. The Morgan fingerprint density at radius 2 is 1.83 bits per heavy atom. The van der Waals surface area contributed by atoms with E-state index in [1.165, 1.54) is 16.9 Å². The highest BCUT2D eigenvalue weighted by Crippen LogP contribution is 2.48. The molecule has 7 heteroatoms. The molecule has 3 aromatic rings. The lowest BCUT2D eigenvalue weighted by Crippen LogP contribution is -2.14. The van der Waals surface area contributed by atoms with Gasteiger partial charge in [-0.1, -0.05) is 65.4 Å². The molecule has 2 unspecified atom stereocenters. The van der Waals surface area contributed by atoms with Crippen molar-refractivity contribution in [3.05, 3.63) is 75.3 Å². The van der Waals surface area contributed by atoms with Crippen LogP contribution in [0.4, 0.5) is 10.8 Å². The number of para-hydroxylation sites is 1. The highest BCUT2D eigenvalue weighted by molar-refractivity contribution is 7.17. The maximum absolute atomic E-state index is 12.7. The minimum absolute atomic E-state index is 0.0512. The molecule has 1 aromatic heterocycles. The first-order valence-corrected chi connectivity index (χ1v) is 10.5. The molecule has 1 heterocycles. The number of halogens is 1. The van der Waals surface area contributed by atoms with E-state index in [0.29, 0.717) is 26.4 Å². The second-order valence-electron chi connectivity index (χ2n) is 7.17. The van der Waals surface area contributed by atoms with Gasteiger partial charge in [-0.15, -0.1) is 0 Å². The molecule has 148 valence electrons. The van der Waals surface area contributed by atoms with Crippen LogP contribution in [0.5, 0.6) is 0 Å². The molecule has 0 spiro atoms. The average Bonchev–Trinajstić information content (AvgIpc) is 3.43. The highest BCUT2D eigenvalue weighted by atomic mass is 35.5. The van der Waals surface area contributed by atoms with Crippen LogP contribution < -0.4 is 10.6 Å². The van der Waals surface area contributed by atoms with Crippen molar-refractivity contribution in [2.24, 2.45) is 5.92 Å². The Hall–Kier alpha value is -2.70. The number of thiazole rings is 1. The number of anilines is 2. The van der Waals surface area contributed by atoms with Crippen molar-refractivity contribution in [2.75, 3.05) is 10.6 Å². The third-order valence-corrected chi connectivity index (χ3v) is 6.43. The molecule has 0 saturated heterocycles. The second-order valence-corrected chi connectivity index (χ2v) is 8.57. The number of carbonyl (C=O) groups is 2. The summed E-state index contributed by atoms with van der Waals surface area (Å²) in [6.07, 6.45) is 0.833. The van der Waals surface area contributed by atoms with Crippen LogP contribution in [0.1, 0.15) is 38.8 Å². The highest BCUT2D eigenvalue weighted by Gasteiger charge is 2.44. The average molecular weight is 426 g/mol. The first-order chi connectivity index (χ1) is 13.9. The maximum atomic E-state index is 12.7. The standard InChI is InChI=1S/C22H20ClN3O2S/c1-12-7-6-10-17(23)18(12)25-21(28)19-13(2)24-22(29-19)26-20(27)16-11-15(16)14-8-4-3-5-9-14/h3-10,15-16H,11H2,1-2H3,(H,25,28)(H,24,26,27). The number of carbonyl (C=O) groups excluding carboxylic acids is 2. The Kier molecular flexibility index (Phi) is 5.39.